The van der Waals surface area contributed by atoms with Gasteiger partial charge in [0.05, 0.1) is 17.5 Å². The lowest BCUT2D eigenvalue weighted by molar-refractivity contribution is 0.422. The first-order chi connectivity index (χ1) is 5.49. The lowest BCUT2D eigenvalue weighted by atomic mass is 10.2. The third kappa shape index (κ3) is 1.13. The number of thioether (sulfide) groups is 1. The van der Waals surface area contributed by atoms with Crippen molar-refractivity contribution >= 4 is 26.8 Å². The Hall–Kier alpha value is -0.230. The van der Waals surface area contributed by atoms with E-state index in [1.54, 1.807) is 11.9 Å². The van der Waals surface area contributed by atoms with Crippen LogP contribution in [0.3, 0.4) is 0 Å². The highest BCUT2D eigenvalue weighted by Crippen LogP contribution is 2.35. The van der Waals surface area contributed by atoms with Gasteiger partial charge in [0, 0.05) is 12.3 Å². The molecule has 0 radical (unpaired) electrons. The summed E-state index contributed by atoms with van der Waals surface area (Å²) in [6.07, 6.45) is 0. The van der Waals surface area contributed by atoms with E-state index in [1.165, 1.54) is 11.8 Å². The van der Waals surface area contributed by atoms with Crippen LogP contribution in [0.25, 0.3) is 0 Å². The molecular weight excluding hydrogens is 196 g/mol. The van der Waals surface area contributed by atoms with Gasteiger partial charge in [-0.3, -0.25) is 5.41 Å². The van der Waals surface area contributed by atoms with E-state index in [1.807, 2.05) is 0 Å². The highest BCUT2D eigenvalue weighted by atomic mass is 32.2. The Bertz CT molecular complexity index is 324. The minimum absolute atomic E-state index is 0.0486. The molecule has 12 heavy (non-hydrogen) atoms. The maximum atomic E-state index is 11.2. The number of hydrogen-bond acceptors (Lipinski definition) is 4. The molecule has 0 spiro atoms. The van der Waals surface area contributed by atoms with E-state index in [-0.39, 0.29) is 22.8 Å². The van der Waals surface area contributed by atoms with Crippen molar-refractivity contribution in [3.63, 3.8) is 0 Å². The molecule has 2 aliphatic heterocycles. The zero-order valence-electron chi connectivity index (χ0n) is 6.65. The molecule has 2 aliphatic rings. The van der Waals surface area contributed by atoms with Crippen molar-refractivity contribution in [1.82, 2.24) is 4.90 Å². The zero-order chi connectivity index (χ0) is 8.93. The van der Waals surface area contributed by atoms with Gasteiger partial charge in [0.2, 0.25) is 0 Å². The lowest BCUT2D eigenvalue weighted by Gasteiger charge is -2.16. The van der Waals surface area contributed by atoms with Crippen LogP contribution in [0.15, 0.2) is 0 Å². The summed E-state index contributed by atoms with van der Waals surface area (Å²) in [5.74, 6) is 0.471. The summed E-state index contributed by atoms with van der Waals surface area (Å²) in [6.45, 7) is 0. The predicted molar refractivity (Wildman–Crippen MR) is 49.3 cm³/mol. The van der Waals surface area contributed by atoms with Crippen molar-refractivity contribution in [2.45, 2.75) is 11.3 Å². The fraction of sp³-hybridized carbons (Fsp3) is 0.833. The minimum atomic E-state index is -2.82. The van der Waals surface area contributed by atoms with E-state index in [2.05, 4.69) is 0 Å². The van der Waals surface area contributed by atoms with Crippen molar-refractivity contribution in [3.05, 3.63) is 0 Å². The molecular formula is C6H10N2O2S2. The highest BCUT2D eigenvalue weighted by molar-refractivity contribution is 8.15. The molecule has 2 unspecified atom stereocenters. The number of sulfone groups is 1. The van der Waals surface area contributed by atoms with Gasteiger partial charge < -0.3 is 4.90 Å². The second kappa shape index (κ2) is 2.38. The normalized spacial score (nSPS) is 38.8. The van der Waals surface area contributed by atoms with Crippen molar-refractivity contribution in [3.8, 4) is 0 Å². The number of rotatable bonds is 0. The molecule has 1 N–H and O–H groups in total. The van der Waals surface area contributed by atoms with Gasteiger partial charge in [-0.25, -0.2) is 8.42 Å². The second-order valence-electron chi connectivity index (χ2n) is 3.22. The maximum absolute atomic E-state index is 11.2. The molecule has 4 nitrogen and oxygen atoms in total. The Morgan fingerprint density at radius 3 is 2.83 bits per heavy atom. The van der Waals surface area contributed by atoms with E-state index >= 15 is 0 Å². The summed E-state index contributed by atoms with van der Waals surface area (Å²) >= 11 is 1.38. The molecule has 2 saturated heterocycles. The van der Waals surface area contributed by atoms with Crippen LogP contribution in [0.4, 0.5) is 0 Å². The van der Waals surface area contributed by atoms with E-state index in [9.17, 15) is 8.42 Å². The summed E-state index contributed by atoms with van der Waals surface area (Å²) in [5.41, 5.74) is 0. The molecule has 2 atom stereocenters. The van der Waals surface area contributed by atoms with Crippen LogP contribution in [0, 0.1) is 5.41 Å². The van der Waals surface area contributed by atoms with E-state index < -0.39 is 9.84 Å². The van der Waals surface area contributed by atoms with Gasteiger partial charge >= 0.3 is 0 Å². The molecule has 2 rings (SSSR count). The lowest BCUT2D eigenvalue weighted by Crippen LogP contribution is -2.33. The van der Waals surface area contributed by atoms with Crippen LogP contribution >= 0.6 is 11.8 Å². The molecule has 2 fully saturated rings. The molecule has 0 aromatic rings. The quantitative estimate of drug-likeness (QED) is 0.594. The molecule has 0 bridgehead atoms. The average molecular weight is 206 g/mol. The van der Waals surface area contributed by atoms with Crippen molar-refractivity contribution in [2.24, 2.45) is 0 Å². The molecule has 0 amide bonds. The van der Waals surface area contributed by atoms with Crippen LogP contribution in [0.2, 0.25) is 0 Å². The van der Waals surface area contributed by atoms with Crippen LogP contribution < -0.4 is 0 Å². The maximum Gasteiger partial charge on any atom is 0.156 e. The zero-order valence-corrected chi connectivity index (χ0v) is 8.28. The fourth-order valence-electron chi connectivity index (χ4n) is 1.65. The van der Waals surface area contributed by atoms with Crippen LogP contribution in [-0.4, -0.2) is 48.3 Å². The fourth-order valence-corrected chi connectivity index (χ4v) is 5.52. The van der Waals surface area contributed by atoms with Crippen molar-refractivity contribution < 1.29 is 8.42 Å². The van der Waals surface area contributed by atoms with Crippen LogP contribution in [0.5, 0.6) is 0 Å². The Morgan fingerprint density at radius 2 is 2.25 bits per heavy atom. The van der Waals surface area contributed by atoms with E-state index in [4.69, 9.17) is 5.41 Å². The van der Waals surface area contributed by atoms with Gasteiger partial charge in [-0.15, -0.1) is 0 Å². The van der Waals surface area contributed by atoms with Gasteiger partial charge in [0.1, 0.15) is 0 Å². The van der Waals surface area contributed by atoms with Crippen LogP contribution in [-0.2, 0) is 9.84 Å². The first-order valence-electron chi connectivity index (χ1n) is 3.68. The number of nitrogens with one attached hydrogen (secondary N) is 1. The topological polar surface area (TPSA) is 61.2 Å². The monoisotopic (exact) mass is 206 g/mol. The summed E-state index contributed by atoms with van der Waals surface area (Å²) in [5, 5.41) is 8.08. The Morgan fingerprint density at radius 1 is 1.58 bits per heavy atom. The van der Waals surface area contributed by atoms with Gasteiger partial charge in [-0.05, 0) is 0 Å². The van der Waals surface area contributed by atoms with Gasteiger partial charge in [-0.1, -0.05) is 11.8 Å². The Labute approximate surface area is 75.7 Å². The number of fused-ring (bicyclic) bond motifs is 1. The predicted octanol–water partition coefficient (Wildman–Crippen LogP) is -0.235. The minimum Gasteiger partial charge on any atom is -0.350 e. The van der Waals surface area contributed by atoms with Crippen molar-refractivity contribution in [1.29, 1.82) is 5.41 Å². The summed E-state index contributed by atoms with van der Waals surface area (Å²) in [4.78, 5) is 1.76. The van der Waals surface area contributed by atoms with Gasteiger partial charge in [0.25, 0.3) is 0 Å². The summed E-state index contributed by atoms with van der Waals surface area (Å²) in [6, 6.07) is 0.0486. The number of amidine groups is 1. The summed E-state index contributed by atoms with van der Waals surface area (Å²) in [7, 11) is -1.03. The first-order valence-corrected chi connectivity index (χ1v) is 6.38. The van der Waals surface area contributed by atoms with Crippen LogP contribution in [0.1, 0.15) is 0 Å². The first kappa shape index (κ1) is 8.37. The SMILES string of the molecule is CN1C(=N)SC2CS(=O)(=O)CC21. The molecule has 0 aromatic heterocycles. The molecule has 6 heteroatoms. The van der Waals surface area contributed by atoms with Gasteiger partial charge in [0.15, 0.2) is 15.0 Å². The van der Waals surface area contributed by atoms with E-state index in [0.29, 0.717) is 5.17 Å². The third-order valence-electron chi connectivity index (χ3n) is 2.35. The number of nitrogens with zero attached hydrogens (tertiary/aromatic N) is 1. The average Bonchev–Trinajstić information content (AvgIpc) is 2.33. The second-order valence-corrected chi connectivity index (χ2v) is 6.60. The smallest absolute Gasteiger partial charge is 0.156 e. The molecule has 68 valence electrons. The Kier molecular flexibility index (Phi) is 1.66. The number of hydrogen-bond donors (Lipinski definition) is 1. The molecule has 0 saturated carbocycles. The van der Waals surface area contributed by atoms with Crippen molar-refractivity contribution in [2.75, 3.05) is 18.6 Å². The Balaban J connectivity index is 2.27. The standard InChI is InChI=1S/C6H10N2O2S2/c1-8-4-2-12(9,10)3-5(4)11-6(8)7/h4-5,7H,2-3H2,1H3. The van der Waals surface area contributed by atoms with Gasteiger partial charge in [-0.2, -0.15) is 0 Å². The largest absolute Gasteiger partial charge is 0.350 e. The molecule has 2 heterocycles. The third-order valence-corrected chi connectivity index (χ3v) is 5.58. The summed E-state index contributed by atoms with van der Waals surface area (Å²) < 4.78 is 22.4. The van der Waals surface area contributed by atoms with E-state index in [0.717, 1.165) is 0 Å². The molecule has 0 aliphatic carbocycles. The highest BCUT2D eigenvalue weighted by Gasteiger charge is 2.46. The molecule has 0 aromatic carbocycles.